The number of hydrogen-bond donors (Lipinski definition) is 2. The molecule has 1 amide bonds. The van der Waals surface area contributed by atoms with Crippen LogP contribution >= 0.6 is 0 Å². The van der Waals surface area contributed by atoms with Gasteiger partial charge in [-0.05, 0) is 35.9 Å². The van der Waals surface area contributed by atoms with Crippen molar-refractivity contribution in [2.24, 2.45) is 0 Å². The van der Waals surface area contributed by atoms with Crippen molar-refractivity contribution in [3.05, 3.63) is 93.5 Å². The summed E-state index contributed by atoms with van der Waals surface area (Å²) in [5.41, 5.74) is 5.14. The molecule has 0 radical (unpaired) electrons. The number of aromatic nitrogens is 2. The first-order valence-corrected chi connectivity index (χ1v) is 10.5. The first-order chi connectivity index (χ1) is 16.1. The molecule has 2 N–H and O–H groups in total. The zero-order valence-electron chi connectivity index (χ0n) is 18.0. The highest BCUT2D eigenvalue weighted by Gasteiger charge is 2.52. The zero-order chi connectivity index (χ0) is 22.7. The van der Waals surface area contributed by atoms with E-state index >= 15 is 0 Å². The number of anilines is 1. The summed E-state index contributed by atoms with van der Waals surface area (Å²) < 4.78 is 12.5. The fraction of sp³-hybridized carbons (Fsp3) is 0.160. The number of benzene rings is 3. The van der Waals surface area contributed by atoms with Gasteiger partial charge in [-0.3, -0.25) is 15.0 Å². The van der Waals surface area contributed by atoms with Gasteiger partial charge in [0.2, 0.25) is 0 Å². The fourth-order valence-electron chi connectivity index (χ4n) is 4.86. The van der Waals surface area contributed by atoms with Crippen LogP contribution in [0.2, 0.25) is 0 Å². The second-order valence-electron chi connectivity index (χ2n) is 8.09. The average Bonchev–Trinajstić information content (AvgIpc) is 3.03. The first kappa shape index (κ1) is 19.4. The summed E-state index contributed by atoms with van der Waals surface area (Å²) in [5.74, 6) is 1.24. The SMILES string of the molecule is COc1cc2c(cc1OC)[C@]1(Nn3c(nc4ccccc4c3=O)C2)C(=O)Nc2ccccc21. The van der Waals surface area contributed by atoms with Gasteiger partial charge in [-0.2, -0.15) is 0 Å². The molecule has 0 unspecified atom stereocenters. The Kier molecular flexibility index (Phi) is 4.01. The first-order valence-electron chi connectivity index (χ1n) is 10.5. The molecule has 1 atom stereocenters. The van der Waals surface area contributed by atoms with Crippen molar-refractivity contribution in [3.8, 4) is 11.5 Å². The Morgan fingerprint density at radius 2 is 1.67 bits per heavy atom. The molecule has 1 aromatic heterocycles. The predicted octanol–water partition coefficient (Wildman–Crippen LogP) is 2.76. The lowest BCUT2D eigenvalue weighted by atomic mass is 9.81. The molecule has 8 heteroatoms. The van der Waals surface area contributed by atoms with E-state index in [1.54, 1.807) is 32.4 Å². The Morgan fingerprint density at radius 3 is 2.48 bits per heavy atom. The van der Waals surface area contributed by atoms with Gasteiger partial charge in [-0.25, -0.2) is 9.66 Å². The van der Waals surface area contributed by atoms with E-state index in [2.05, 4.69) is 10.7 Å². The molecule has 164 valence electrons. The summed E-state index contributed by atoms with van der Waals surface area (Å²) in [7, 11) is 3.12. The number of amides is 1. The number of rotatable bonds is 2. The second-order valence-corrected chi connectivity index (χ2v) is 8.09. The van der Waals surface area contributed by atoms with Crippen LogP contribution in [0.5, 0.6) is 11.5 Å². The van der Waals surface area contributed by atoms with Crippen LogP contribution in [0.3, 0.4) is 0 Å². The number of methoxy groups -OCH3 is 2. The molecule has 6 rings (SSSR count). The third kappa shape index (κ3) is 2.54. The van der Waals surface area contributed by atoms with E-state index in [9.17, 15) is 9.59 Å². The van der Waals surface area contributed by atoms with Gasteiger partial charge in [0.15, 0.2) is 17.0 Å². The van der Waals surface area contributed by atoms with E-state index in [0.717, 1.165) is 11.1 Å². The molecule has 2 aliphatic heterocycles. The topological polar surface area (TPSA) is 94.5 Å². The quantitative estimate of drug-likeness (QED) is 0.498. The smallest absolute Gasteiger partial charge is 0.280 e. The average molecular weight is 440 g/mol. The molecule has 3 aromatic carbocycles. The van der Waals surface area contributed by atoms with Crippen LogP contribution in [0.1, 0.15) is 22.5 Å². The minimum absolute atomic E-state index is 0.265. The van der Waals surface area contributed by atoms with Gasteiger partial charge in [-0.15, -0.1) is 0 Å². The molecular weight excluding hydrogens is 420 g/mol. The summed E-state index contributed by atoms with van der Waals surface area (Å²) >= 11 is 0. The third-order valence-corrected chi connectivity index (χ3v) is 6.41. The number of para-hydroxylation sites is 2. The maximum Gasteiger partial charge on any atom is 0.280 e. The van der Waals surface area contributed by atoms with Gasteiger partial charge in [0.1, 0.15) is 5.82 Å². The number of fused-ring (bicyclic) bond motifs is 6. The molecule has 8 nitrogen and oxygen atoms in total. The summed E-state index contributed by atoms with van der Waals surface area (Å²) in [5, 5.41) is 3.44. The molecule has 4 aromatic rings. The largest absolute Gasteiger partial charge is 0.493 e. The molecule has 1 spiro atoms. The molecule has 33 heavy (non-hydrogen) atoms. The molecule has 2 aliphatic rings. The van der Waals surface area contributed by atoms with E-state index in [1.807, 2.05) is 42.5 Å². The Bertz CT molecular complexity index is 1530. The van der Waals surface area contributed by atoms with Crippen molar-refractivity contribution >= 4 is 22.5 Å². The van der Waals surface area contributed by atoms with Gasteiger partial charge in [0.05, 0.1) is 25.1 Å². The van der Waals surface area contributed by atoms with Crippen molar-refractivity contribution in [1.29, 1.82) is 0 Å². The summed E-state index contributed by atoms with van der Waals surface area (Å²) in [6, 6.07) is 18.3. The lowest BCUT2D eigenvalue weighted by Gasteiger charge is -2.31. The Balaban J connectivity index is 1.74. The lowest BCUT2D eigenvalue weighted by molar-refractivity contribution is -0.119. The summed E-state index contributed by atoms with van der Waals surface area (Å²) in [6.07, 6.45) is 0.319. The highest BCUT2D eigenvalue weighted by atomic mass is 16.5. The van der Waals surface area contributed by atoms with E-state index in [1.165, 1.54) is 4.68 Å². The molecule has 0 fully saturated rings. The van der Waals surface area contributed by atoms with Crippen molar-refractivity contribution in [2.75, 3.05) is 25.0 Å². The van der Waals surface area contributed by atoms with Crippen LogP contribution in [-0.4, -0.2) is 29.8 Å². The van der Waals surface area contributed by atoms with Crippen LogP contribution in [0.4, 0.5) is 5.69 Å². The molecule has 3 heterocycles. The Hall–Kier alpha value is -4.33. The maximum atomic E-state index is 13.7. The number of nitrogens with zero attached hydrogens (tertiary/aromatic N) is 2. The summed E-state index contributed by atoms with van der Waals surface area (Å²) in [6.45, 7) is 0. The van der Waals surface area contributed by atoms with Crippen LogP contribution in [-0.2, 0) is 16.8 Å². The van der Waals surface area contributed by atoms with Crippen LogP contribution in [0, 0.1) is 0 Å². The summed E-state index contributed by atoms with van der Waals surface area (Å²) in [4.78, 5) is 32.0. The van der Waals surface area contributed by atoms with Crippen molar-refractivity contribution in [1.82, 2.24) is 9.66 Å². The van der Waals surface area contributed by atoms with Gasteiger partial charge in [0.25, 0.3) is 11.5 Å². The van der Waals surface area contributed by atoms with E-state index < -0.39 is 5.54 Å². The van der Waals surface area contributed by atoms with E-state index in [0.29, 0.717) is 45.9 Å². The third-order valence-electron chi connectivity index (χ3n) is 6.41. The van der Waals surface area contributed by atoms with E-state index in [-0.39, 0.29) is 11.5 Å². The number of carbonyl (C=O) groups is 1. The minimum Gasteiger partial charge on any atom is -0.493 e. The number of carbonyl (C=O) groups excluding carboxylic acids is 1. The van der Waals surface area contributed by atoms with Gasteiger partial charge in [-0.1, -0.05) is 30.3 Å². The van der Waals surface area contributed by atoms with Crippen LogP contribution < -0.4 is 25.8 Å². The Morgan fingerprint density at radius 1 is 0.939 bits per heavy atom. The predicted molar refractivity (Wildman–Crippen MR) is 124 cm³/mol. The highest BCUT2D eigenvalue weighted by molar-refractivity contribution is 6.10. The number of nitrogens with one attached hydrogen (secondary N) is 2. The normalized spacial score (nSPS) is 18.1. The molecular formula is C25H20N4O4. The number of hydrogen-bond acceptors (Lipinski definition) is 6. The fourth-order valence-corrected chi connectivity index (χ4v) is 4.86. The number of ether oxygens (including phenoxy) is 2. The molecule has 0 saturated heterocycles. The minimum atomic E-state index is -1.36. The highest BCUT2D eigenvalue weighted by Crippen LogP contribution is 2.47. The standard InChI is InChI=1S/C25H20N4O4/c1-32-20-11-14-12-22-26-18-9-5-3-7-15(18)23(30)29(22)28-25(17(14)13-21(20)33-2)16-8-4-6-10-19(16)27-24(25)31/h3-11,13,28H,12H2,1-2H3,(H,27,31)/t25-/m0/s1. The van der Waals surface area contributed by atoms with Crippen molar-refractivity contribution in [2.45, 2.75) is 12.0 Å². The second kappa shape index (κ2) is 6.83. The molecule has 0 saturated carbocycles. The molecule has 0 aliphatic carbocycles. The zero-order valence-corrected chi connectivity index (χ0v) is 18.0. The lowest BCUT2D eigenvalue weighted by Crippen LogP contribution is -2.50. The monoisotopic (exact) mass is 440 g/mol. The van der Waals surface area contributed by atoms with Gasteiger partial charge < -0.3 is 14.8 Å². The molecule has 0 bridgehead atoms. The van der Waals surface area contributed by atoms with Gasteiger partial charge in [0, 0.05) is 23.2 Å². The van der Waals surface area contributed by atoms with Crippen molar-refractivity contribution in [3.63, 3.8) is 0 Å². The van der Waals surface area contributed by atoms with E-state index in [4.69, 9.17) is 14.5 Å². The van der Waals surface area contributed by atoms with Crippen molar-refractivity contribution < 1.29 is 14.3 Å². The van der Waals surface area contributed by atoms with Crippen LogP contribution in [0.15, 0.2) is 65.5 Å². The Labute approximate surface area is 188 Å². The van der Waals surface area contributed by atoms with Gasteiger partial charge >= 0.3 is 0 Å². The van der Waals surface area contributed by atoms with Crippen LogP contribution in [0.25, 0.3) is 10.9 Å². The maximum absolute atomic E-state index is 13.7.